The van der Waals surface area contributed by atoms with E-state index in [0.717, 1.165) is 17.5 Å². The maximum Gasteiger partial charge on any atom is 0.341 e. The Kier molecular flexibility index (Phi) is 5.56. The van der Waals surface area contributed by atoms with E-state index < -0.39 is 22.4 Å². The molecule has 0 amide bonds. The van der Waals surface area contributed by atoms with E-state index in [9.17, 15) is 19.3 Å². The van der Waals surface area contributed by atoms with Crippen molar-refractivity contribution in [3.63, 3.8) is 0 Å². The van der Waals surface area contributed by atoms with Gasteiger partial charge in [-0.05, 0) is 12.1 Å². The van der Waals surface area contributed by atoms with Crippen molar-refractivity contribution in [1.82, 2.24) is 19.5 Å². The number of anilines is 2. The molecule has 1 aromatic carbocycles. The zero-order chi connectivity index (χ0) is 23.7. The smallest absolute Gasteiger partial charge is 0.341 e. The van der Waals surface area contributed by atoms with Crippen molar-refractivity contribution in [1.29, 1.82) is 0 Å². The number of halogens is 1. The number of pyridine rings is 1. The minimum Gasteiger partial charge on any atom is -0.494 e. The highest BCUT2D eigenvalue weighted by Crippen LogP contribution is 2.35. The molecule has 0 aliphatic carbocycles. The molecule has 0 saturated heterocycles. The van der Waals surface area contributed by atoms with Crippen LogP contribution in [0.15, 0.2) is 42.9 Å². The number of fused-ring (bicyclic) bond motifs is 1. The van der Waals surface area contributed by atoms with Crippen molar-refractivity contribution in [3.8, 4) is 17.0 Å². The Bertz CT molecular complexity index is 1400. The van der Waals surface area contributed by atoms with Crippen molar-refractivity contribution in [2.75, 3.05) is 19.5 Å². The number of esters is 1. The number of aryl methyl sites for hydroxylation is 1. The van der Waals surface area contributed by atoms with Crippen LogP contribution >= 0.6 is 0 Å². The Balaban J connectivity index is 1.87. The number of benzene rings is 1. The largest absolute Gasteiger partial charge is 0.494 e. The average molecular weight is 452 g/mol. The lowest BCUT2D eigenvalue weighted by atomic mass is 10.1. The lowest BCUT2D eigenvalue weighted by Gasteiger charge is -2.12. The van der Waals surface area contributed by atoms with Crippen LogP contribution in [0.1, 0.15) is 10.4 Å². The van der Waals surface area contributed by atoms with E-state index in [1.807, 2.05) is 6.07 Å². The number of hydrogen-bond acceptors (Lipinski definition) is 9. The molecule has 0 radical (unpaired) electrons. The van der Waals surface area contributed by atoms with Crippen molar-refractivity contribution in [3.05, 3.63) is 64.4 Å². The van der Waals surface area contributed by atoms with Gasteiger partial charge in [-0.2, -0.15) is 4.39 Å². The van der Waals surface area contributed by atoms with Gasteiger partial charge in [0.15, 0.2) is 0 Å². The van der Waals surface area contributed by atoms with Gasteiger partial charge in [-0.3, -0.25) is 10.1 Å². The van der Waals surface area contributed by atoms with Gasteiger partial charge in [-0.25, -0.2) is 19.7 Å². The van der Waals surface area contributed by atoms with Gasteiger partial charge >= 0.3 is 11.7 Å². The van der Waals surface area contributed by atoms with Gasteiger partial charge in [-0.1, -0.05) is 0 Å². The predicted molar refractivity (Wildman–Crippen MR) is 116 cm³/mol. The molecule has 0 aliphatic rings. The third-order valence-corrected chi connectivity index (χ3v) is 4.89. The molecule has 3 heterocycles. The molecule has 12 heteroatoms. The number of ether oxygens (including phenoxy) is 2. The number of nitrogens with zero attached hydrogens (tertiary/aromatic N) is 5. The van der Waals surface area contributed by atoms with Crippen molar-refractivity contribution >= 4 is 34.3 Å². The fraction of sp³-hybridized carbons (Fsp3) is 0.143. The fourth-order valence-corrected chi connectivity index (χ4v) is 3.38. The first-order valence-corrected chi connectivity index (χ1v) is 9.48. The third kappa shape index (κ3) is 3.89. The molecule has 0 aliphatic heterocycles. The summed E-state index contributed by atoms with van der Waals surface area (Å²) in [5.74, 6) is -1.69. The molecule has 33 heavy (non-hydrogen) atoms. The first-order valence-electron chi connectivity index (χ1n) is 9.48. The summed E-state index contributed by atoms with van der Waals surface area (Å²) >= 11 is 0. The number of nitro benzene ring substituents is 1. The molecule has 11 nitrogen and oxygen atoms in total. The summed E-state index contributed by atoms with van der Waals surface area (Å²) < 4.78 is 25.8. The molecule has 0 unspecified atom stereocenters. The van der Waals surface area contributed by atoms with E-state index in [2.05, 4.69) is 20.3 Å². The second kappa shape index (κ2) is 8.49. The van der Waals surface area contributed by atoms with Crippen LogP contribution in [0.5, 0.6) is 5.75 Å². The number of methoxy groups -OCH3 is 2. The van der Waals surface area contributed by atoms with Gasteiger partial charge in [0.2, 0.25) is 11.8 Å². The summed E-state index contributed by atoms with van der Waals surface area (Å²) in [6, 6.07) is 5.46. The van der Waals surface area contributed by atoms with Crippen LogP contribution in [0.2, 0.25) is 0 Å². The molecule has 0 bridgehead atoms. The molecule has 168 valence electrons. The molecular formula is C21H17FN6O5. The average Bonchev–Trinajstić information content (AvgIpc) is 3.15. The molecule has 1 N–H and O–H groups in total. The van der Waals surface area contributed by atoms with Crippen LogP contribution in [0.25, 0.3) is 22.3 Å². The van der Waals surface area contributed by atoms with Crippen LogP contribution in [-0.2, 0) is 11.8 Å². The van der Waals surface area contributed by atoms with Gasteiger partial charge < -0.3 is 19.4 Å². The minimum absolute atomic E-state index is 0.00208. The Labute approximate surface area is 186 Å². The number of rotatable bonds is 6. The van der Waals surface area contributed by atoms with Crippen molar-refractivity contribution in [2.24, 2.45) is 7.05 Å². The van der Waals surface area contributed by atoms with Gasteiger partial charge in [-0.15, -0.1) is 0 Å². The lowest BCUT2D eigenvalue weighted by Crippen LogP contribution is -2.09. The lowest BCUT2D eigenvalue weighted by molar-refractivity contribution is -0.387. The Hall–Kier alpha value is -4.61. The standard InChI is InChI=1S/C21H17FN6O5/c1-27-10-13(11-5-4-6-23-19(11)27)18-12(20(29)33-3)9-24-21(26-18)25-15-8-16(28(30)31)14(22)7-17(15)32-2/h4-10H,1-3H3,(H,24,25,26). The maximum absolute atomic E-state index is 14.0. The van der Waals surface area contributed by atoms with Crippen LogP contribution in [0, 0.1) is 15.9 Å². The first-order chi connectivity index (χ1) is 15.8. The molecule has 4 aromatic rings. The highest BCUT2D eigenvalue weighted by Gasteiger charge is 2.23. The number of carbonyl (C=O) groups is 1. The highest BCUT2D eigenvalue weighted by molar-refractivity contribution is 6.02. The normalized spacial score (nSPS) is 10.8. The van der Waals surface area contributed by atoms with Crippen LogP contribution < -0.4 is 10.1 Å². The second-order valence-electron chi connectivity index (χ2n) is 6.86. The summed E-state index contributed by atoms with van der Waals surface area (Å²) in [5, 5.41) is 14.7. The van der Waals surface area contributed by atoms with Crippen molar-refractivity contribution in [2.45, 2.75) is 0 Å². The van der Waals surface area contributed by atoms with Gasteiger partial charge in [0.1, 0.15) is 17.0 Å². The van der Waals surface area contributed by atoms with Crippen LogP contribution in [0.3, 0.4) is 0 Å². The second-order valence-corrected chi connectivity index (χ2v) is 6.86. The maximum atomic E-state index is 14.0. The van der Waals surface area contributed by atoms with E-state index in [1.165, 1.54) is 20.4 Å². The Morgan fingerprint density at radius 1 is 1.27 bits per heavy atom. The van der Waals surface area contributed by atoms with E-state index in [-0.39, 0.29) is 28.6 Å². The molecule has 0 saturated carbocycles. The minimum atomic E-state index is -1.05. The molecule has 0 spiro atoms. The SMILES string of the molecule is COC(=O)c1cnc(Nc2cc([N+](=O)[O-])c(F)cc2OC)nc1-c1cn(C)c2ncccc12. The molecular weight excluding hydrogens is 435 g/mol. The topological polar surface area (TPSA) is 134 Å². The third-order valence-electron chi connectivity index (χ3n) is 4.89. The quantitative estimate of drug-likeness (QED) is 0.264. The van der Waals surface area contributed by atoms with E-state index in [1.54, 1.807) is 30.1 Å². The van der Waals surface area contributed by atoms with Crippen molar-refractivity contribution < 1.29 is 23.6 Å². The Morgan fingerprint density at radius 2 is 2.06 bits per heavy atom. The molecule has 0 fully saturated rings. The van der Waals surface area contributed by atoms with Crippen LogP contribution in [-0.4, -0.2) is 44.6 Å². The first kappa shape index (κ1) is 21.6. The molecule has 3 aromatic heterocycles. The number of nitrogens with one attached hydrogen (secondary N) is 1. The number of aromatic nitrogens is 4. The number of nitro groups is 1. The summed E-state index contributed by atoms with van der Waals surface area (Å²) in [5.41, 5.74) is 0.965. The van der Waals surface area contributed by atoms with Crippen LogP contribution in [0.4, 0.5) is 21.7 Å². The Morgan fingerprint density at radius 3 is 2.76 bits per heavy atom. The summed E-state index contributed by atoms with van der Waals surface area (Å²) in [6.45, 7) is 0. The number of carbonyl (C=O) groups excluding carboxylic acids is 1. The summed E-state index contributed by atoms with van der Waals surface area (Å²) in [4.78, 5) is 35.6. The van der Waals surface area contributed by atoms with Gasteiger partial charge in [0.25, 0.3) is 0 Å². The van der Waals surface area contributed by atoms with E-state index >= 15 is 0 Å². The molecule has 4 rings (SSSR count). The predicted octanol–water partition coefficient (Wildman–Crippen LogP) is 3.62. The summed E-state index contributed by atoms with van der Waals surface area (Å²) in [7, 11) is 4.34. The van der Waals surface area contributed by atoms with Gasteiger partial charge in [0.05, 0.1) is 30.5 Å². The number of hydrogen-bond donors (Lipinski definition) is 1. The van der Waals surface area contributed by atoms with Gasteiger partial charge in [0, 0.05) is 48.7 Å². The zero-order valence-electron chi connectivity index (χ0n) is 17.7. The molecule has 0 atom stereocenters. The summed E-state index contributed by atoms with van der Waals surface area (Å²) in [6.07, 6.45) is 4.68. The van der Waals surface area contributed by atoms with E-state index in [4.69, 9.17) is 9.47 Å². The fourth-order valence-electron chi connectivity index (χ4n) is 3.38. The van der Waals surface area contributed by atoms with E-state index in [0.29, 0.717) is 11.2 Å². The zero-order valence-corrected chi connectivity index (χ0v) is 17.7. The highest BCUT2D eigenvalue weighted by atomic mass is 19.1. The monoisotopic (exact) mass is 452 g/mol.